The van der Waals surface area contributed by atoms with Crippen LogP contribution in [0, 0.1) is 28.6 Å². The van der Waals surface area contributed by atoms with Gasteiger partial charge in [-0.15, -0.1) is 0 Å². The number of piperidine rings is 1. The van der Waals surface area contributed by atoms with Crippen LogP contribution in [0.25, 0.3) is 0 Å². The minimum Gasteiger partial charge on any atom is -0.353 e. The third kappa shape index (κ3) is 3.91. The maximum Gasteiger partial charge on any atom is 0.226 e. The van der Waals surface area contributed by atoms with Gasteiger partial charge in [-0.05, 0) is 74.5 Å². The van der Waals surface area contributed by atoms with Crippen molar-refractivity contribution in [3.8, 4) is 0 Å². The summed E-state index contributed by atoms with van der Waals surface area (Å²) in [5.74, 6) is 1.84. The first-order valence-electron chi connectivity index (χ1n) is 11.4. The quantitative estimate of drug-likeness (QED) is 0.786. The second-order valence-electron chi connectivity index (χ2n) is 10.6. The maximum atomic E-state index is 13.1. The van der Waals surface area contributed by atoms with Crippen LogP contribution in [0.1, 0.15) is 85.0 Å². The summed E-state index contributed by atoms with van der Waals surface area (Å²) in [7, 11) is 0. The number of rotatable bonds is 5. The lowest BCUT2D eigenvalue weighted by Gasteiger charge is -2.40. The third-order valence-electron chi connectivity index (χ3n) is 8.59. The first-order chi connectivity index (χ1) is 12.8. The van der Waals surface area contributed by atoms with Crippen LogP contribution < -0.4 is 5.32 Å². The molecule has 27 heavy (non-hydrogen) atoms. The van der Waals surface area contributed by atoms with Gasteiger partial charge in [-0.25, -0.2) is 0 Å². The van der Waals surface area contributed by atoms with Crippen LogP contribution in [-0.2, 0) is 9.59 Å². The van der Waals surface area contributed by atoms with Crippen molar-refractivity contribution in [2.75, 3.05) is 13.1 Å². The molecule has 0 bridgehead atoms. The minimum atomic E-state index is 0.120. The Bertz CT molecular complexity index is 579. The Labute approximate surface area is 164 Å². The van der Waals surface area contributed by atoms with Gasteiger partial charge in [0.1, 0.15) is 0 Å². The molecule has 1 N–H and O–H groups in total. The molecular weight excluding hydrogens is 336 g/mol. The van der Waals surface area contributed by atoms with E-state index in [1.807, 2.05) is 0 Å². The molecule has 0 aromatic carbocycles. The molecule has 2 amide bonds. The van der Waals surface area contributed by atoms with Crippen molar-refractivity contribution in [2.24, 2.45) is 28.6 Å². The predicted molar refractivity (Wildman–Crippen MR) is 107 cm³/mol. The first-order valence-corrected chi connectivity index (χ1v) is 11.4. The Morgan fingerprint density at radius 2 is 1.67 bits per heavy atom. The second kappa shape index (κ2) is 7.08. The summed E-state index contributed by atoms with van der Waals surface area (Å²) in [6, 6.07) is 0.441. The number of hydrogen-bond acceptors (Lipinski definition) is 2. The van der Waals surface area contributed by atoms with Crippen LogP contribution in [0.15, 0.2) is 0 Å². The van der Waals surface area contributed by atoms with Crippen molar-refractivity contribution in [1.29, 1.82) is 0 Å². The van der Waals surface area contributed by atoms with E-state index in [1.165, 1.54) is 32.1 Å². The van der Waals surface area contributed by atoms with Crippen LogP contribution in [0.5, 0.6) is 0 Å². The van der Waals surface area contributed by atoms with E-state index < -0.39 is 0 Å². The second-order valence-corrected chi connectivity index (χ2v) is 10.6. The van der Waals surface area contributed by atoms with E-state index in [4.69, 9.17) is 0 Å². The van der Waals surface area contributed by atoms with Crippen molar-refractivity contribution in [3.63, 3.8) is 0 Å². The highest BCUT2D eigenvalue weighted by atomic mass is 16.2. The zero-order chi connectivity index (χ0) is 19.2. The highest BCUT2D eigenvalue weighted by Crippen LogP contribution is 2.64. The average Bonchev–Trinajstić information content (AvgIpc) is 3.60. The Hall–Kier alpha value is -1.06. The molecule has 1 spiro atoms. The molecule has 3 aliphatic carbocycles. The van der Waals surface area contributed by atoms with Gasteiger partial charge in [0.15, 0.2) is 0 Å². The monoisotopic (exact) mass is 374 g/mol. The molecule has 0 radical (unpaired) electrons. The van der Waals surface area contributed by atoms with E-state index in [-0.39, 0.29) is 17.7 Å². The normalized spacial score (nSPS) is 34.6. The molecule has 1 saturated heterocycles. The van der Waals surface area contributed by atoms with Gasteiger partial charge in [0.25, 0.3) is 0 Å². The summed E-state index contributed by atoms with van der Waals surface area (Å²) < 4.78 is 0. The average molecular weight is 375 g/mol. The van der Waals surface area contributed by atoms with Gasteiger partial charge in [0, 0.05) is 31.0 Å². The number of nitrogens with zero attached hydrogens (tertiary/aromatic N) is 1. The van der Waals surface area contributed by atoms with Crippen molar-refractivity contribution >= 4 is 11.8 Å². The summed E-state index contributed by atoms with van der Waals surface area (Å²) in [4.78, 5) is 27.4. The molecule has 0 aromatic rings. The molecule has 1 heterocycles. The summed E-state index contributed by atoms with van der Waals surface area (Å²) in [6.07, 6.45) is 11.4. The summed E-state index contributed by atoms with van der Waals surface area (Å²) in [5.41, 5.74) is 0.774. The molecule has 4 aliphatic rings. The lowest BCUT2D eigenvalue weighted by Crippen LogP contribution is -2.44. The zero-order valence-corrected chi connectivity index (χ0v) is 17.6. The highest BCUT2D eigenvalue weighted by Gasteiger charge is 2.60. The van der Waals surface area contributed by atoms with Crippen LogP contribution in [-0.4, -0.2) is 35.8 Å². The van der Waals surface area contributed by atoms with Crippen LogP contribution in [0.3, 0.4) is 0 Å². The number of carbonyl (C=O) groups excluding carboxylic acids is 2. The standard InChI is InChI=1S/C23H38N2O2/c1-4-22(2,3)17-7-11-23(12-8-17)15-19(23)21(27)25-13-9-16(10-14-25)20(26)24-18-5-6-18/h16-19H,4-15H2,1-3H3,(H,24,26). The third-order valence-corrected chi connectivity index (χ3v) is 8.59. The Morgan fingerprint density at radius 3 is 2.22 bits per heavy atom. The van der Waals surface area contributed by atoms with Crippen molar-refractivity contribution in [2.45, 2.75) is 91.0 Å². The fourth-order valence-corrected chi connectivity index (χ4v) is 5.64. The van der Waals surface area contributed by atoms with Gasteiger partial charge in [-0.1, -0.05) is 27.2 Å². The molecule has 4 fully saturated rings. The SMILES string of the molecule is CCC(C)(C)C1CCC2(CC1)CC2C(=O)N1CCC(C(=O)NC2CC2)CC1. The van der Waals surface area contributed by atoms with E-state index in [2.05, 4.69) is 31.0 Å². The summed E-state index contributed by atoms with van der Waals surface area (Å²) >= 11 is 0. The number of nitrogens with one attached hydrogen (secondary N) is 1. The molecule has 3 saturated carbocycles. The largest absolute Gasteiger partial charge is 0.353 e. The lowest BCUT2D eigenvalue weighted by atomic mass is 9.66. The van der Waals surface area contributed by atoms with Gasteiger partial charge in [-0.3, -0.25) is 9.59 Å². The molecule has 4 heteroatoms. The molecule has 1 aliphatic heterocycles. The minimum absolute atomic E-state index is 0.120. The number of amides is 2. The number of carbonyl (C=O) groups is 2. The van der Waals surface area contributed by atoms with Crippen LogP contribution in [0.2, 0.25) is 0 Å². The number of likely N-dealkylation sites (tertiary alicyclic amines) is 1. The summed E-state index contributed by atoms with van der Waals surface area (Å²) in [6.45, 7) is 8.69. The molecule has 1 unspecified atom stereocenters. The Balaban J connectivity index is 1.24. The van der Waals surface area contributed by atoms with Gasteiger partial charge in [-0.2, -0.15) is 0 Å². The Morgan fingerprint density at radius 1 is 1.04 bits per heavy atom. The molecular formula is C23H38N2O2. The fourth-order valence-electron chi connectivity index (χ4n) is 5.64. The highest BCUT2D eigenvalue weighted by molar-refractivity contribution is 5.84. The fraction of sp³-hybridized carbons (Fsp3) is 0.913. The van der Waals surface area contributed by atoms with Gasteiger partial charge in [0.05, 0.1) is 0 Å². The van der Waals surface area contributed by atoms with E-state index in [1.54, 1.807) is 0 Å². The zero-order valence-electron chi connectivity index (χ0n) is 17.6. The van der Waals surface area contributed by atoms with Crippen LogP contribution >= 0.6 is 0 Å². The van der Waals surface area contributed by atoms with E-state index in [9.17, 15) is 9.59 Å². The first kappa shape index (κ1) is 19.3. The molecule has 1 atom stereocenters. The van der Waals surface area contributed by atoms with Gasteiger partial charge in [0.2, 0.25) is 11.8 Å². The van der Waals surface area contributed by atoms with Crippen LogP contribution in [0.4, 0.5) is 0 Å². The molecule has 4 rings (SSSR count). The van der Waals surface area contributed by atoms with E-state index in [0.29, 0.717) is 22.8 Å². The van der Waals surface area contributed by atoms with Crippen molar-refractivity contribution in [3.05, 3.63) is 0 Å². The molecule has 0 aromatic heterocycles. The van der Waals surface area contributed by atoms with Crippen molar-refractivity contribution < 1.29 is 9.59 Å². The number of hydrogen-bond donors (Lipinski definition) is 1. The Kier molecular flexibility index (Phi) is 5.05. The smallest absolute Gasteiger partial charge is 0.226 e. The summed E-state index contributed by atoms with van der Waals surface area (Å²) in [5, 5.41) is 3.13. The lowest BCUT2D eigenvalue weighted by molar-refractivity contribution is -0.137. The predicted octanol–water partition coefficient (Wildman–Crippen LogP) is 4.14. The maximum absolute atomic E-state index is 13.1. The molecule has 4 nitrogen and oxygen atoms in total. The van der Waals surface area contributed by atoms with E-state index >= 15 is 0 Å². The van der Waals surface area contributed by atoms with Crippen molar-refractivity contribution in [1.82, 2.24) is 10.2 Å². The van der Waals surface area contributed by atoms with Gasteiger partial charge >= 0.3 is 0 Å². The molecule has 152 valence electrons. The van der Waals surface area contributed by atoms with E-state index in [0.717, 1.165) is 51.1 Å². The topological polar surface area (TPSA) is 49.4 Å². The van der Waals surface area contributed by atoms with Gasteiger partial charge < -0.3 is 10.2 Å².